The van der Waals surface area contributed by atoms with Gasteiger partial charge in [-0.1, -0.05) is 35.4 Å². The summed E-state index contributed by atoms with van der Waals surface area (Å²) in [4.78, 5) is 12.3. The van der Waals surface area contributed by atoms with Gasteiger partial charge in [0.2, 0.25) is 0 Å². The SMILES string of the molecule is CCOc1cc(CNc2ccc(C)c(Cl)c2)cc(Br)c1OCC(=O)Nc1ccc(C)cc1. The summed E-state index contributed by atoms with van der Waals surface area (Å²) in [7, 11) is 0. The lowest BCUT2D eigenvalue weighted by Crippen LogP contribution is -2.20. The highest BCUT2D eigenvalue weighted by Crippen LogP contribution is 2.37. The summed E-state index contributed by atoms with van der Waals surface area (Å²) < 4.78 is 12.3. The van der Waals surface area contributed by atoms with Crippen LogP contribution in [0.3, 0.4) is 0 Å². The number of ether oxygens (including phenoxy) is 2. The summed E-state index contributed by atoms with van der Waals surface area (Å²) in [6.07, 6.45) is 0. The molecule has 1 amide bonds. The molecule has 3 rings (SSSR count). The van der Waals surface area contributed by atoms with Crippen molar-refractivity contribution in [2.45, 2.75) is 27.3 Å². The van der Waals surface area contributed by atoms with Crippen molar-refractivity contribution >= 4 is 44.8 Å². The van der Waals surface area contributed by atoms with E-state index in [1.165, 1.54) is 0 Å². The normalized spacial score (nSPS) is 10.5. The van der Waals surface area contributed by atoms with Gasteiger partial charge in [0.05, 0.1) is 11.1 Å². The molecule has 0 bridgehead atoms. The lowest BCUT2D eigenvalue weighted by Gasteiger charge is -2.16. The standard InChI is InChI=1S/C25H26BrClN2O3/c1-4-31-23-12-18(14-28-20-10-7-17(3)22(27)13-20)11-21(26)25(23)32-15-24(30)29-19-8-5-16(2)6-9-19/h5-13,28H,4,14-15H2,1-3H3,(H,29,30). The summed E-state index contributed by atoms with van der Waals surface area (Å²) in [6, 6.07) is 17.3. The number of hydrogen-bond donors (Lipinski definition) is 2. The average molecular weight is 518 g/mol. The molecule has 0 atom stereocenters. The first-order chi connectivity index (χ1) is 15.4. The molecule has 0 fully saturated rings. The fourth-order valence-corrected chi connectivity index (χ4v) is 3.79. The third kappa shape index (κ3) is 6.65. The second-order valence-electron chi connectivity index (χ2n) is 7.36. The predicted octanol–water partition coefficient (Wildman–Crippen LogP) is 6.75. The van der Waals surface area contributed by atoms with Gasteiger partial charge < -0.3 is 20.1 Å². The Hall–Kier alpha value is -2.70. The molecule has 3 aromatic carbocycles. The van der Waals surface area contributed by atoms with E-state index in [1.54, 1.807) is 0 Å². The molecule has 5 nitrogen and oxygen atoms in total. The fourth-order valence-electron chi connectivity index (χ4n) is 3.01. The highest BCUT2D eigenvalue weighted by Gasteiger charge is 2.14. The lowest BCUT2D eigenvalue weighted by molar-refractivity contribution is -0.118. The molecule has 0 saturated heterocycles. The predicted molar refractivity (Wildman–Crippen MR) is 134 cm³/mol. The lowest BCUT2D eigenvalue weighted by atomic mass is 10.2. The number of anilines is 2. The van der Waals surface area contributed by atoms with Crippen molar-refractivity contribution in [2.24, 2.45) is 0 Å². The van der Waals surface area contributed by atoms with E-state index < -0.39 is 0 Å². The molecule has 0 aliphatic heterocycles. The Labute approximate surface area is 202 Å². The van der Waals surface area contributed by atoms with Crippen LogP contribution in [0.15, 0.2) is 59.1 Å². The average Bonchev–Trinajstić information content (AvgIpc) is 2.76. The zero-order valence-corrected chi connectivity index (χ0v) is 20.6. The van der Waals surface area contributed by atoms with Crippen LogP contribution in [0.25, 0.3) is 0 Å². The van der Waals surface area contributed by atoms with Gasteiger partial charge in [0.25, 0.3) is 5.91 Å². The van der Waals surface area contributed by atoms with Crippen molar-refractivity contribution < 1.29 is 14.3 Å². The van der Waals surface area contributed by atoms with Crippen molar-refractivity contribution in [1.29, 1.82) is 0 Å². The fraction of sp³-hybridized carbons (Fsp3) is 0.240. The maximum absolute atomic E-state index is 12.3. The van der Waals surface area contributed by atoms with Gasteiger partial charge in [0, 0.05) is 22.9 Å². The van der Waals surface area contributed by atoms with Crippen LogP contribution in [-0.4, -0.2) is 19.1 Å². The van der Waals surface area contributed by atoms with Crippen LogP contribution in [-0.2, 0) is 11.3 Å². The minimum Gasteiger partial charge on any atom is -0.490 e. The monoisotopic (exact) mass is 516 g/mol. The van der Waals surface area contributed by atoms with Gasteiger partial charge in [-0.15, -0.1) is 0 Å². The number of rotatable bonds is 9. The maximum atomic E-state index is 12.3. The van der Waals surface area contributed by atoms with Crippen LogP contribution in [0.4, 0.5) is 11.4 Å². The van der Waals surface area contributed by atoms with Crippen molar-refractivity contribution in [3.05, 3.63) is 80.8 Å². The molecule has 0 radical (unpaired) electrons. The van der Waals surface area contributed by atoms with E-state index in [1.807, 2.05) is 75.4 Å². The van der Waals surface area contributed by atoms with Crippen LogP contribution in [0.1, 0.15) is 23.6 Å². The number of aryl methyl sites for hydroxylation is 2. The molecular formula is C25H26BrClN2O3. The van der Waals surface area contributed by atoms with Crippen molar-refractivity contribution in [1.82, 2.24) is 0 Å². The Kier molecular flexibility index (Phi) is 8.42. The smallest absolute Gasteiger partial charge is 0.262 e. The minimum atomic E-state index is -0.245. The topological polar surface area (TPSA) is 59.6 Å². The van der Waals surface area contributed by atoms with E-state index >= 15 is 0 Å². The van der Waals surface area contributed by atoms with Crippen molar-refractivity contribution in [2.75, 3.05) is 23.8 Å². The Morgan fingerprint density at radius 2 is 1.72 bits per heavy atom. The number of amides is 1. The zero-order chi connectivity index (χ0) is 23.1. The van der Waals surface area contributed by atoms with Crippen LogP contribution in [0, 0.1) is 13.8 Å². The van der Waals surface area contributed by atoms with Gasteiger partial charge in [-0.25, -0.2) is 0 Å². The molecule has 0 aliphatic carbocycles. The Balaban J connectivity index is 1.66. The zero-order valence-electron chi connectivity index (χ0n) is 18.3. The first-order valence-electron chi connectivity index (χ1n) is 10.3. The largest absolute Gasteiger partial charge is 0.490 e. The molecular weight excluding hydrogens is 492 g/mol. The van der Waals surface area contributed by atoms with Crippen molar-refractivity contribution in [3.8, 4) is 11.5 Å². The van der Waals surface area contributed by atoms with Gasteiger partial charge in [-0.2, -0.15) is 0 Å². The molecule has 0 aliphatic rings. The number of carbonyl (C=O) groups excluding carboxylic acids is 1. The van der Waals surface area contributed by atoms with Crippen LogP contribution in [0.5, 0.6) is 11.5 Å². The molecule has 0 saturated carbocycles. The number of hydrogen-bond acceptors (Lipinski definition) is 4. The molecule has 0 spiro atoms. The number of nitrogens with one attached hydrogen (secondary N) is 2. The highest BCUT2D eigenvalue weighted by atomic mass is 79.9. The summed E-state index contributed by atoms with van der Waals surface area (Å²) in [5.41, 5.74) is 4.82. The third-order valence-corrected chi connectivity index (χ3v) is 5.72. The first kappa shape index (κ1) is 24.0. The van der Waals surface area contributed by atoms with Crippen LogP contribution in [0.2, 0.25) is 5.02 Å². The summed E-state index contributed by atoms with van der Waals surface area (Å²) >= 11 is 9.76. The van der Waals surface area contributed by atoms with Gasteiger partial charge in [0.1, 0.15) is 0 Å². The van der Waals surface area contributed by atoms with E-state index in [0.29, 0.717) is 29.1 Å². The molecule has 0 aromatic heterocycles. The van der Waals surface area contributed by atoms with E-state index in [9.17, 15) is 4.79 Å². The van der Waals surface area contributed by atoms with Gasteiger partial charge >= 0.3 is 0 Å². The molecule has 168 valence electrons. The number of benzene rings is 3. The van der Waals surface area contributed by atoms with E-state index in [4.69, 9.17) is 21.1 Å². The Morgan fingerprint density at radius 1 is 1.00 bits per heavy atom. The number of halogens is 2. The molecule has 0 unspecified atom stereocenters. The second kappa shape index (κ2) is 11.2. The Bertz CT molecular complexity index is 1090. The summed E-state index contributed by atoms with van der Waals surface area (Å²) in [5.74, 6) is 0.821. The highest BCUT2D eigenvalue weighted by molar-refractivity contribution is 9.10. The third-order valence-electron chi connectivity index (χ3n) is 4.72. The molecule has 2 N–H and O–H groups in total. The van der Waals surface area contributed by atoms with Gasteiger partial charge in [-0.05, 0) is 84.2 Å². The van der Waals surface area contributed by atoms with Crippen LogP contribution < -0.4 is 20.1 Å². The minimum absolute atomic E-state index is 0.133. The number of carbonyl (C=O) groups is 1. The molecule has 3 aromatic rings. The summed E-state index contributed by atoms with van der Waals surface area (Å²) in [6.45, 7) is 6.79. The molecule has 32 heavy (non-hydrogen) atoms. The molecule has 7 heteroatoms. The Morgan fingerprint density at radius 3 is 2.41 bits per heavy atom. The van der Waals surface area contributed by atoms with Crippen molar-refractivity contribution in [3.63, 3.8) is 0 Å². The van der Waals surface area contributed by atoms with E-state index in [0.717, 1.165) is 33.1 Å². The van der Waals surface area contributed by atoms with Crippen LogP contribution >= 0.6 is 27.5 Å². The first-order valence-corrected chi connectivity index (χ1v) is 11.5. The quantitative estimate of drug-likeness (QED) is 0.330. The van der Waals surface area contributed by atoms with Gasteiger partial charge in [0.15, 0.2) is 18.1 Å². The van der Waals surface area contributed by atoms with E-state index in [-0.39, 0.29) is 12.5 Å². The summed E-state index contributed by atoms with van der Waals surface area (Å²) in [5, 5.41) is 6.91. The maximum Gasteiger partial charge on any atom is 0.262 e. The molecule has 0 heterocycles. The van der Waals surface area contributed by atoms with Gasteiger partial charge in [-0.3, -0.25) is 4.79 Å². The van der Waals surface area contributed by atoms with E-state index in [2.05, 4.69) is 26.6 Å². The second-order valence-corrected chi connectivity index (χ2v) is 8.62.